The highest BCUT2D eigenvalue weighted by molar-refractivity contribution is 6.31. The molecular formula is C27H36Cl2N4O8. The van der Waals surface area contributed by atoms with Crippen LogP contribution in [0.2, 0.25) is 10.0 Å². The number of nitro benzene ring substituents is 1. The molecule has 0 saturated carbocycles. The molecule has 0 saturated heterocycles. The monoisotopic (exact) mass is 614 g/mol. The van der Waals surface area contributed by atoms with E-state index in [1.165, 1.54) is 12.1 Å². The first-order chi connectivity index (χ1) is 18.5. The summed E-state index contributed by atoms with van der Waals surface area (Å²) in [5.41, 5.74) is -1.34. The molecule has 0 aliphatic carbocycles. The van der Waals surface area contributed by atoms with E-state index in [9.17, 15) is 24.5 Å². The number of nitrogens with one attached hydrogen (secondary N) is 3. The van der Waals surface area contributed by atoms with Crippen LogP contribution in [-0.4, -0.2) is 40.0 Å². The first-order valence-corrected chi connectivity index (χ1v) is 13.0. The number of rotatable bonds is 4. The average Bonchev–Trinajstić information content (AvgIpc) is 2.70. The maximum atomic E-state index is 11.8. The lowest BCUT2D eigenvalue weighted by molar-refractivity contribution is -0.383. The molecule has 0 spiro atoms. The Kier molecular flexibility index (Phi) is 12.2. The van der Waals surface area contributed by atoms with Gasteiger partial charge >= 0.3 is 18.3 Å². The first kappa shape index (κ1) is 35.3. The number of amides is 3. The molecule has 0 radical (unpaired) electrons. The minimum Gasteiger partial charge on any atom is -0.444 e. The molecule has 12 nitrogen and oxygen atoms in total. The van der Waals surface area contributed by atoms with Gasteiger partial charge in [-0.2, -0.15) is 0 Å². The number of halogens is 2. The van der Waals surface area contributed by atoms with E-state index >= 15 is 0 Å². The molecule has 0 fully saturated rings. The maximum absolute atomic E-state index is 11.8. The molecule has 0 aliphatic heterocycles. The third-order valence-corrected chi connectivity index (χ3v) is 4.43. The standard InChI is InChI=1S/C16H23ClN2O4.C11H13ClN2O4/c1-15(2,3)22-13(20)18-11-7-10(17)8-12(9-11)19-14(21)23-16(4,5)6;1-11(2,3)18-10(15)13-8-5-4-7(12)6-9(8)14(16)17/h7-9H,1-6H3,(H,18,20)(H,19,21);4-6H,1-3H3,(H,13,15). The molecule has 14 heteroatoms. The molecule has 0 aromatic heterocycles. The maximum Gasteiger partial charge on any atom is 0.412 e. The zero-order valence-corrected chi connectivity index (χ0v) is 25.9. The highest BCUT2D eigenvalue weighted by atomic mass is 35.5. The Hall–Kier alpha value is -3.77. The number of anilines is 3. The summed E-state index contributed by atoms with van der Waals surface area (Å²) < 4.78 is 15.3. The van der Waals surface area contributed by atoms with Crippen molar-refractivity contribution in [1.82, 2.24) is 0 Å². The number of carbonyl (C=O) groups is 3. The second-order valence-corrected chi connectivity index (χ2v) is 12.4. The normalized spacial score (nSPS) is 11.3. The number of ether oxygens (including phenoxy) is 3. The summed E-state index contributed by atoms with van der Waals surface area (Å²) in [6.07, 6.45) is -1.97. The van der Waals surface area contributed by atoms with Crippen LogP contribution in [0.15, 0.2) is 36.4 Å². The van der Waals surface area contributed by atoms with Crippen LogP contribution < -0.4 is 16.0 Å². The van der Waals surface area contributed by atoms with Crippen molar-refractivity contribution in [3.8, 4) is 0 Å². The van der Waals surface area contributed by atoms with Gasteiger partial charge in [-0.15, -0.1) is 0 Å². The number of nitro groups is 1. The number of hydrogen-bond donors (Lipinski definition) is 3. The third kappa shape index (κ3) is 15.6. The fraction of sp³-hybridized carbons (Fsp3) is 0.444. The zero-order chi connectivity index (χ0) is 31.8. The molecular weight excluding hydrogens is 579 g/mol. The predicted molar refractivity (Wildman–Crippen MR) is 159 cm³/mol. The Bertz CT molecular complexity index is 1220. The van der Waals surface area contributed by atoms with Gasteiger partial charge in [0.05, 0.1) is 4.92 Å². The highest BCUT2D eigenvalue weighted by Crippen LogP contribution is 2.28. The van der Waals surface area contributed by atoms with Crippen molar-refractivity contribution in [3.05, 3.63) is 56.6 Å². The van der Waals surface area contributed by atoms with Crippen LogP contribution in [-0.2, 0) is 14.2 Å². The largest absolute Gasteiger partial charge is 0.444 e. The molecule has 0 heterocycles. The van der Waals surface area contributed by atoms with Crippen molar-refractivity contribution in [3.63, 3.8) is 0 Å². The Balaban J connectivity index is 0.000000422. The summed E-state index contributed by atoms with van der Waals surface area (Å²) in [5, 5.41) is 18.8. The molecule has 41 heavy (non-hydrogen) atoms. The molecule has 2 aromatic rings. The number of benzene rings is 2. The molecule has 3 amide bonds. The minimum atomic E-state index is -0.757. The van der Waals surface area contributed by atoms with Crippen molar-refractivity contribution >= 4 is 64.2 Å². The van der Waals surface area contributed by atoms with Crippen LogP contribution in [0.25, 0.3) is 0 Å². The van der Waals surface area contributed by atoms with Gasteiger partial charge in [-0.3, -0.25) is 26.1 Å². The van der Waals surface area contributed by atoms with Crippen molar-refractivity contribution < 1.29 is 33.5 Å². The third-order valence-electron chi connectivity index (χ3n) is 3.98. The van der Waals surface area contributed by atoms with Gasteiger partial charge in [0.1, 0.15) is 22.5 Å². The van der Waals surface area contributed by atoms with E-state index in [0.717, 1.165) is 6.07 Å². The Morgan fingerprint density at radius 1 is 0.659 bits per heavy atom. The summed E-state index contributed by atoms with van der Waals surface area (Å²) in [4.78, 5) is 45.2. The van der Waals surface area contributed by atoms with Gasteiger partial charge < -0.3 is 14.2 Å². The van der Waals surface area contributed by atoms with E-state index < -0.39 is 40.0 Å². The Morgan fingerprint density at radius 2 is 1.05 bits per heavy atom. The molecule has 0 unspecified atom stereocenters. The molecule has 3 N–H and O–H groups in total. The summed E-state index contributed by atoms with van der Waals surface area (Å²) in [6, 6.07) is 8.61. The van der Waals surface area contributed by atoms with Crippen LogP contribution in [0, 0.1) is 10.1 Å². The van der Waals surface area contributed by atoms with E-state index in [2.05, 4.69) is 16.0 Å². The van der Waals surface area contributed by atoms with Gasteiger partial charge in [-0.25, -0.2) is 14.4 Å². The minimum absolute atomic E-state index is 0.0404. The van der Waals surface area contributed by atoms with Gasteiger partial charge in [-0.05, 0) is 92.6 Å². The fourth-order valence-corrected chi connectivity index (χ4v) is 3.15. The summed E-state index contributed by atoms with van der Waals surface area (Å²) in [7, 11) is 0. The smallest absolute Gasteiger partial charge is 0.412 e. The number of nitrogens with zero attached hydrogens (tertiary/aromatic N) is 1. The van der Waals surface area contributed by atoms with Crippen molar-refractivity contribution in [2.45, 2.75) is 79.1 Å². The van der Waals surface area contributed by atoms with Crippen LogP contribution in [0.3, 0.4) is 0 Å². The number of carbonyl (C=O) groups excluding carboxylic acids is 3. The lowest BCUT2D eigenvalue weighted by Crippen LogP contribution is -2.28. The number of hydrogen-bond acceptors (Lipinski definition) is 8. The van der Waals surface area contributed by atoms with Crippen LogP contribution in [0.1, 0.15) is 62.3 Å². The lowest BCUT2D eigenvalue weighted by Gasteiger charge is -2.21. The van der Waals surface area contributed by atoms with Crippen LogP contribution in [0.4, 0.5) is 37.1 Å². The molecule has 0 bridgehead atoms. The van der Waals surface area contributed by atoms with Crippen molar-refractivity contribution in [1.29, 1.82) is 0 Å². The highest BCUT2D eigenvalue weighted by Gasteiger charge is 2.21. The van der Waals surface area contributed by atoms with E-state index in [1.54, 1.807) is 80.5 Å². The predicted octanol–water partition coefficient (Wildman–Crippen LogP) is 8.63. The topological polar surface area (TPSA) is 158 Å². The molecule has 2 rings (SSSR count). The van der Waals surface area contributed by atoms with E-state index in [-0.39, 0.29) is 16.4 Å². The van der Waals surface area contributed by atoms with Gasteiger partial charge in [0.25, 0.3) is 5.69 Å². The van der Waals surface area contributed by atoms with Gasteiger partial charge in [0.15, 0.2) is 0 Å². The SMILES string of the molecule is CC(C)(C)OC(=O)Nc1cc(Cl)cc(NC(=O)OC(C)(C)C)c1.CC(C)(C)OC(=O)Nc1ccc(Cl)cc1[N+](=O)[O-]. The second kappa shape index (κ2) is 14.2. The molecule has 226 valence electrons. The summed E-state index contributed by atoms with van der Waals surface area (Å²) in [6.45, 7) is 15.7. The molecule has 2 aromatic carbocycles. The molecule has 0 atom stereocenters. The Labute approximate surface area is 249 Å². The molecule has 0 aliphatic rings. The average molecular weight is 616 g/mol. The van der Waals surface area contributed by atoms with Crippen LogP contribution >= 0.6 is 23.2 Å². The fourth-order valence-electron chi connectivity index (χ4n) is 2.75. The second-order valence-electron chi connectivity index (χ2n) is 11.5. The lowest BCUT2D eigenvalue weighted by atomic mass is 10.2. The van der Waals surface area contributed by atoms with Crippen LogP contribution in [0.5, 0.6) is 0 Å². The first-order valence-electron chi connectivity index (χ1n) is 12.3. The van der Waals surface area contributed by atoms with E-state index in [1.807, 2.05) is 0 Å². The van der Waals surface area contributed by atoms with Crippen molar-refractivity contribution in [2.24, 2.45) is 0 Å². The Morgan fingerprint density at radius 3 is 1.41 bits per heavy atom. The van der Waals surface area contributed by atoms with E-state index in [4.69, 9.17) is 37.4 Å². The van der Waals surface area contributed by atoms with Gasteiger partial charge in [0.2, 0.25) is 0 Å². The van der Waals surface area contributed by atoms with Gasteiger partial charge in [0, 0.05) is 27.5 Å². The van der Waals surface area contributed by atoms with E-state index in [0.29, 0.717) is 16.4 Å². The van der Waals surface area contributed by atoms with Gasteiger partial charge in [-0.1, -0.05) is 23.2 Å². The van der Waals surface area contributed by atoms with Crippen molar-refractivity contribution in [2.75, 3.05) is 16.0 Å². The zero-order valence-electron chi connectivity index (χ0n) is 24.4. The summed E-state index contributed by atoms with van der Waals surface area (Å²) in [5.74, 6) is 0. The summed E-state index contributed by atoms with van der Waals surface area (Å²) >= 11 is 11.7. The quantitative estimate of drug-likeness (QED) is 0.175.